The third-order valence-electron chi connectivity index (χ3n) is 3.31. The molecule has 0 fully saturated rings. The maximum Gasteiger partial charge on any atom is 0.444 e. The van der Waals surface area contributed by atoms with Crippen molar-refractivity contribution in [3.8, 4) is 11.8 Å². The van der Waals surface area contributed by atoms with Gasteiger partial charge in [-0.15, -0.1) is 0 Å². The molecule has 120 valence electrons. The summed E-state index contributed by atoms with van der Waals surface area (Å²) in [5, 5.41) is 3.92. The van der Waals surface area contributed by atoms with Gasteiger partial charge in [0.05, 0.1) is 12.3 Å². The first-order chi connectivity index (χ1) is 10.7. The van der Waals surface area contributed by atoms with Crippen molar-refractivity contribution in [1.29, 1.82) is 0 Å². The van der Waals surface area contributed by atoms with Crippen LogP contribution in [-0.4, -0.2) is 16.4 Å². The zero-order valence-corrected chi connectivity index (χ0v) is 12.8. The van der Waals surface area contributed by atoms with Gasteiger partial charge in [-0.3, -0.25) is 0 Å². The number of hydrogen-bond donors (Lipinski definition) is 0. The Morgan fingerprint density at radius 2 is 2.00 bits per heavy atom. The van der Waals surface area contributed by atoms with E-state index in [4.69, 9.17) is 9.15 Å². The summed E-state index contributed by atoms with van der Waals surface area (Å²) in [5.41, 5.74) is 0.308. The Bertz CT molecular complexity index is 636. The van der Waals surface area contributed by atoms with Gasteiger partial charge in [0.25, 0.3) is 0 Å². The lowest BCUT2D eigenvalue weighted by Gasteiger charge is -2.01. The van der Waals surface area contributed by atoms with Gasteiger partial charge in [-0.25, -0.2) is 9.18 Å². The number of benzene rings is 1. The number of halogens is 1. The lowest BCUT2D eigenvalue weighted by atomic mass is 10.1. The molecule has 1 aromatic heterocycles. The molecule has 0 saturated heterocycles. The molecule has 0 saturated carbocycles. The van der Waals surface area contributed by atoms with Crippen LogP contribution in [-0.2, 0) is 0 Å². The first-order valence-corrected chi connectivity index (χ1v) is 7.69. The Morgan fingerprint density at radius 1 is 1.23 bits per heavy atom. The van der Waals surface area contributed by atoms with Crippen molar-refractivity contribution in [2.45, 2.75) is 45.4 Å². The zero-order valence-electron chi connectivity index (χ0n) is 12.8. The van der Waals surface area contributed by atoms with Crippen molar-refractivity contribution in [1.82, 2.24) is 9.78 Å². The van der Waals surface area contributed by atoms with Crippen LogP contribution >= 0.6 is 0 Å². The molecule has 0 aliphatic heterocycles. The minimum atomic E-state index is -0.691. The number of rotatable bonds is 9. The van der Waals surface area contributed by atoms with E-state index in [2.05, 4.69) is 12.0 Å². The molecule has 6 heteroatoms. The summed E-state index contributed by atoms with van der Waals surface area (Å²) in [5.74, 6) is -1.13. The Kier molecular flexibility index (Phi) is 6.18. The molecule has 2 aromatic rings. The Balaban J connectivity index is 1.84. The van der Waals surface area contributed by atoms with Crippen molar-refractivity contribution in [3.63, 3.8) is 0 Å². The van der Waals surface area contributed by atoms with Crippen LogP contribution in [0.3, 0.4) is 0 Å². The van der Waals surface area contributed by atoms with E-state index in [0.717, 1.165) is 17.5 Å². The zero-order chi connectivity index (χ0) is 15.8. The molecule has 0 bridgehead atoms. The summed E-state index contributed by atoms with van der Waals surface area (Å²) in [4.78, 5) is 11.7. The van der Waals surface area contributed by atoms with E-state index in [1.54, 1.807) is 6.07 Å². The summed E-state index contributed by atoms with van der Waals surface area (Å²) in [6, 6.07) is 5.58. The van der Waals surface area contributed by atoms with Crippen LogP contribution in [0, 0.1) is 5.82 Å². The van der Waals surface area contributed by atoms with Crippen LogP contribution < -0.4 is 10.5 Å². The second-order valence-electron chi connectivity index (χ2n) is 5.14. The molecule has 0 amide bonds. The van der Waals surface area contributed by atoms with Crippen LogP contribution in [0.1, 0.15) is 45.4 Å². The van der Waals surface area contributed by atoms with Crippen molar-refractivity contribution in [3.05, 3.63) is 40.6 Å². The highest BCUT2D eigenvalue weighted by atomic mass is 19.1. The average molecular weight is 308 g/mol. The second kappa shape index (κ2) is 8.36. The summed E-state index contributed by atoms with van der Waals surface area (Å²) in [7, 11) is 0. The number of nitrogens with zero attached hydrogens (tertiary/aromatic N) is 2. The number of hydrogen-bond acceptors (Lipinski definition) is 4. The number of unbranched alkanes of at least 4 members (excludes halogenated alkanes) is 5. The third kappa shape index (κ3) is 4.72. The molecular formula is C16H21FN2O3. The van der Waals surface area contributed by atoms with E-state index in [1.807, 2.05) is 0 Å². The van der Waals surface area contributed by atoms with Crippen LogP contribution in [0.25, 0.3) is 5.69 Å². The predicted octanol–water partition coefficient (Wildman–Crippen LogP) is 3.70. The normalized spacial score (nSPS) is 10.8. The molecule has 1 heterocycles. The van der Waals surface area contributed by atoms with Crippen molar-refractivity contribution in [2.24, 2.45) is 0 Å². The largest absolute Gasteiger partial charge is 0.449 e. The molecule has 5 nitrogen and oxygen atoms in total. The van der Waals surface area contributed by atoms with Gasteiger partial charge in [0.2, 0.25) is 0 Å². The van der Waals surface area contributed by atoms with Crippen LogP contribution in [0.15, 0.2) is 33.5 Å². The van der Waals surface area contributed by atoms with Gasteiger partial charge >= 0.3 is 11.8 Å². The molecule has 22 heavy (non-hydrogen) atoms. The van der Waals surface area contributed by atoms with Crippen LogP contribution in [0.5, 0.6) is 6.08 Å². The number of aromatic nitrogens is 2. The fourth-order valence-corrected chi connectivity index (χ4v) is 2.13. The molecule has 0 aliphatic rings. The number of ether oxygens (including phenoxy) is 1. The molecule has 0 atom stereocenters. The minimum absolute atomic E-state index is 0.0807. The Labute approximate surface area is 128 Å². The van der Waals surface area contributed by atoms with E-state index in [1.165, 1.54) is 43.9 Å². The van der Waals surface area contributed by atoms with Crippen molar-refractivity contribution in [2.75, 3.05) is 6.61 Å². The maximum atomic E-state index is 13.2. The lowest BCUT2D eigenvalue weighted by Crippen LogP contribution is -2.13. The maximum absolute atomic E-state index is 13.2. The van der Waals surface area contributed by atoms with Gasteiger partial charge in [0.1, 0.15) is 5.82 Å². The van der Waals surface area contributed by atoms with Crippen molar-refractivity contribution < 1.29 is 13.5 Å². The molecule has 0 spiro atoms. The standard InChI is InChI=1S/C16H21FN2O3/c1-2-3-4-5-6-7-11-21-15-18-19(16(20)22-15)14-10-8-9-13(17)12-14/h8-10,12H,2-7,11H2,1H3. The molecule has 0 unspecified atom stereocenters. The summed E-state index contributed by atoms with van der Waals surface area (Å²) in [6.07, 6.45) is 6.78. The molecule has 0 radical (unpaired) electrons. The monoisotopic (exact) mass is 308 g/mol. The Morgan fingerprint density at radius 3 is 2.77 bits per heavy atom. The van der Waals surface area contributed by atoms with Gasteiger partial charge < -0.3 is 9.15 Å². The molecule has 0 aliphatic carbocycles. The van der Waals surface area contributed by atoms with Gasteiger partial charge in [-0.1, -0.05) is 50.2 Å². The highest BCUT2D eigenvalue weighted by Gasteiger charge is 2.11. The van der Waals surface area contributed by atoms with Gasteiger partial charge in [-0.05, 0) is 24.6 Å². The lowest BCUT2D eigenvalue weighted by molar-refractivity contribution is 0.219. The summed E-state index contributed by atoms with van der Waals surface area (Å²) >= 11 is 0. The smallest absolute Gasteiger partial charge is 0.444 e. The molecule has 0 N–H and O–H groups in total. The van der Waals surface area contributed by atoms with Gasteiger partial charge in [0.15, 0.2) is 0 Å². The van der Waals surface area contributed by atoms with Crippen LogP contribution in [0.4, 0.5) is 4.39 Å². The van der Waals surface area contributed by atoms with Gasteiger partial charge in [-0.2, -0.15) is 4.68 Å². The highest BCUT2D eigenvalue weighted by molar-refractivity contribution is 5.30. The fraction of sp³-hybridized carbons (Fsp3) is 0.500. The highest BCUT2D eigenvalue weighted by Crippen LogP contribution is 2.11. The SMILES string of the molecule is CCCCCCCCOc1nn(-c2cccc(F)c2)c(=O)o1. The minimum Gasteiger partial charge on any atom is -0.449 e. The van der Waals surface area contributed by atoms with E-state index in [9.17, 15) is 9.18 Å². The first-order valence-electron chi connectivity index (χ1n) is 7.69. The molecular weight excluding hydrogens is 287 g/mol. The van der Waals surface area contributed by atoms with E-state index in [-0.39, 0.29) is 6.08 Å². The summed E-state index contributed by atoms with van der Waals surface area (Å²) in [6.45, 7) is 2.63. The average Bonchev–Trinajstić information content (AvgIpc) is 2.87. The quantitative estimate of drug-likeness (QED) is 0.663. The molecule has 2 rings (SSSR count). The first kappa shape index (κ1) is 16.3. The van der Waals surface area contributed by atoms with E-state index in [0.29, 0.717) is 12.3 Å². The fourth-order valence-electron chi connectivity index (χ4n) is 2.13. The third-order valence-corrected chi connectivity index (χ3v) is 3.31. The van der Waals surface area contributed by atoms with E-state index < -0.39 is 11.6 Å². The predicted molar refractivity (Wildman–Crippen MR) is 80.9 cm³/mol. The topological polar surface area (TPSA) is 57.3 Å². The Hall–Kier alpha value is -2.11. The summed E-state index contributed by atoms with van der Waals surface area (Å²) < 4.78 is 24.4. The second-order valence-corrected chi connectivity index (χ2v) is 5.14. The van der Waals surface area contributed by atoms with Crippen molar-refractivity contribution >= 4 is 0 Å². The van der Waals surface area contributed by atoms with Gasteiger partial charge in [0, 0.05) is 0 Å². The van der Waals surface area contributed by atoms with E-state index >= 15 is 0 Å². The molecule has 1 aromatic carbocycles. The van der Waals surface area contributed by atoms with Crippen LogP contribution in [0.2, 0.25) is 0 Å².